The van der Waals surface area contributed by atoms with Gasteiger partial charge in [0.1, 0.15) is 24.4 Å². The number of rotatable bonds is 11. The Morgan fingerprint density at radius 1 is 0.974 bits per heavy atom. The summed E-state index contributed by atoms with van der Waals surface area (Å²) in [5.74, 6) is 2.06. The van der Waals surface area contributed by atoms with Crippen LogP contribution in [0.5, 0.6) is 0 Å². The molecular weight excluding hydrogens is 522 g/mol. The Balaban J connectivity index is 2.06. The summed E-state index contributed by atoms with van der Waals surface area (Å²) in [4.78, 5) is 47.8. The van der Waals surface area contributed by atoms with E-state index in [9.17, 15) is 39.6 Å². The largest absolute Gasteiger partial charge is 0.396 e. The Labute approximate surface area is 225 Å². The van der Waals surface area contributed by atoms with Crippen molar-refractivity contribution in [1.29, 1.82) is 0 Å². The molecule has 1 saturated heterocycles. The number of unbranched alkanes of at least 4 members (excludes halogenated alkanes) is 1. The number of nitrogens with one attached hydrogen (secondary N) is 4. The number of aliphatic hydroxyl groups excluding tert-OH is 4. The smallest absolute Gasteiger partial charge is 0.270 e. The quantitative estimate of drug-likeness (QED) is 0.0503. The number of ether oxygens (including phenoxy) is 3. The van der Waals surface area contributed by atoms with Gasteiger partial charge in [0.25, 0.3) is 5.91 Å². The van der Waals surface area contributed by atoms with E-state index in [2.05, 4.69) is 16.2 Å². The first-order chi connectivity index (χ1) is 18.4. The zero-order valence-corrected chi connectivity index (χ0v) is 22.2. The zero-order valence-electron chi connectivity index (χ0n) is 22.2. The molecule has 39 heavy (non-hydrogen) atoms. The van der Waals surface area contributed by atoms with Gasteiger partial charge in [0, 0.05) is 39.4 Å². The number of aliphatic hydroxyl groups is 4. The lowest BCUT2D eigenvalue weighted by Crippen LogP contribution is -2.67. The molecule has 16 heteroatoms. The average molecular weight is 564 g/mol. The molecule has 0 spiro atoms. The van der Waals surface area contributed by atoms with Crippen molar-refractivity contribution in [3.8, 4) is 0 Å². The van der Waals surface area contributed by atoms with Gasteiger partial charge in [-0.1, -0.05) is 0 Å². The maximum absolute atomic E-state index is 12.8. The molecule has 10 atom stereocenters. The SMILES string of the molecule is COC1C(O)C(CO)CC(OC2C(O)C(C(=O)NNC(=O)CCCCC(=O)NN)O[C@H](C)C2O)C1NC(C)=O. The topological polar surface area (TPSA) is 251 Å². The number of carbonyl (C=O) groups is 4. The molecule has 0 aromatic heterocycles. The van der Waals surface area contributed by atoms with Crippen molar-refractivity contribution in [2.75, 3.05) is 13.7 Å². The Hall–Kier alpha value is -2.44. The number of methoxy groups -OCH3 is 1. The van der Waals surface area contributed by atoms with Crippen LogP contribution in [-0.2, 0) is 33.4 Å². The van der Waals surface area contributed by atoms with Gasteiger partial charge in [-0.05, 0) is 26.2 Å². The van der Waals surface area contributed by atoms with Crippen LogP contribution in [0, 0.1) is 5.92 Å². The van der Waals surface area contributed by atoms with Crippen LogP contribution in [0.3, 0.4) is 0 Å². The van der Waals surface area contributed by atoms with Gasteiger partial charge >= 0.3 is 0 Å². The normalized spacial score (nSPS) is 34.6. The second kappa shape index (κ2) is 15.4. The fourth-order valence-electron chi connectivity index (χ4n) is 4.82. The van der Waals surface area contributed by atoms with Gasteiger partial charge in [-0.2, -0.15) is 0 Å². The first-order valence-corrected chi connectivity index (χ1v) is 12.8. The van der Waals surface area contributed by atoms with Crippen molar-refractivity contribution in [2.24, 2.45) is 11.8 Å². The molecule has 10 N–H and O–H groups in total. The van der Waals surface area contributed by atoms with Crippen LogP contribution < -0.4 is 27.4 Å². The van der Waals surface area contributed by atoms with Crippen molar-refractivity contribution in [2.45, 2.75) is 101 Å². The molecule has 224 valence electrons. The minimum absolute atomic E-state index is 0.0117. The van der Waals surface area contributed by atoms with Crippen LogP contribution >= 0.6 is 0 Å². The number of carbonyl (C=O) groups excluding carboxylic acids is 4. The summed E-state index contributed by atoms with van der Waals surface area (Å²) in [5, 5.41) is 44.7. The van der Waals surface area contributed by atoms with E-state index >= 15 is 0 Å². The Kier molecular flexibility index (Phi) is 12.9. The van der Waals surface area contributed by atoms with Gasteiger partial charge in [0.15, 0.2) is 6.10 Å². The van der Waals surface area contributed by atoms with E-state index in [1.54, 1.807) is 0 Å². The standard InChI is InChI=1S/C23H41N5O11/c1-10-17(33)21(39-13-8-12(9-29)18(34)20(37-3)16(13)25-11(2)30)19(35)22(38-10)23(36)28-27-15(32)7-5-4-6-14(31)26-24/h10,12-13,16-22,29,33-35H,4-9,24H2,1-3H3,(H,25,30)(H,26,31)(H,27,32)(H,28,36)/t10-,12?,13?,16?,17?,18?,19?,20?,21?,22?/m1/s1. The van der Waals surface area contributed by atoms with Crippen LogP contribution in [0.25, 0.3) is 0 Å². The molecule has 4 amide bonds. The average Bonchev–Trinajstić information content (AvgIpc) is 2.90. The van der Waals surface area contributed by atoms with E-state index < -0.39 is 85.1 Å². The Morgan fingerprint density at radius 2 is 1.62 bits per heavy atom. The lowest BCUT2D eigenvalue weighted by atomic mass is 9.79. The van der Waals surface area contributed by atoms with E-state index in [1.807, 2.05) is 5.43 Å². The summed E-state index contributed by atoms with van der Waals surface area (Å²) in [5.41, 5.74) is 6.36. The highest BCUT2D eigenvalue weighted by Gasteiger charge is 2.51. The van der Waals surface area contributed by atoms with Crippen molar-refractivity contribution >= 4 is 23.6 Å². The van der Waals surface area contributed by atoms with Gasteiger partial charge in [0.2, 0.25) is 17.7 Å². The Bertz CT molecular complexity index is 849. The van der Waals surface area contributed by atoms with E-state index in [0.717, 1.165) is 0 Å². The third-order valence-electron chi connectivity index (χ3n) is 6.95. The maximum atomic E-state index is 12.8. The van der Waals surface area contributed by atoms with Crippen LogP contribution in [0.2, 0.25) is 0 Å². The molecular formula is C23H41N5O11. The molecule has 1 aliphatic carbocycles. The number of hydrogen-bond acceptors (Lipinski definition) is 12. The van der Waals surface area contributed by atoms with Crippen LogP contribution in [0.15, 0.2) is 0 Å². The molecule has 0 aromatic carbocycles. The van der Waals surface area contributed by atoms with Crippen LogP contribution in [0.4, 0.5) is 0 Å². The minimum atomic E-state index is -1.69. The molecule has 9 unspecified atom stereocenters. The fraction of sp³-hybridized carbons (Fsp3) is 0.826. The summed E-state index contributed by atoms with van der Waals surface area (Å²) in [6.45, 7) is 2.32. The summed E-state index contributed by atoms with van der Waals surface area (Å²) in [6, 6.07) is -0.898. The predicted molar refractivity (Wildman–Crippen MR) is 132 cm³/mol. The molecule has 1 aliphatic heterocycles. The molecule has 16 nitrogen and oxygen atoms in total. The predicted octanol–water partition coefficient (Wildman–Crippen LogP) is -4.16. The van der Waals surface area contributed by atoms with Gasteiger partial charge in [-0.25, -0.2) is 5.84 Å². The second-order valence-electron chi connectivity index (χ2n) is 9.79. The third-order valence-corrected chi connectivity index (χ3v) is 6.95. The van der Waals surface area contributed by atoms with Crippen molar-refractivity contribution in [1.82, 2.24) is 21.6 Å². The summed E-state index contributed by atoms with van der Waals surface area (Å²) >= 11 is 0. The van der Waals surface area contributed by atoms with E-state index in [4.69, 9.17) is 20.1 Å². The van der Waals surface area contributed by atoms with E-state index in [1.165, 1.54) is 21.0 Å². The third kappa shape index (κ3) is 8.77. The van der Waals surface area contributed by atoms with E-state index in [0.29, 0.717) is 12.8 Å². The highest BCUT2D eigenvalue weighted by atomic mass is 16.6. The molecule has 2 fully saturated rings. The van der Waals surface area contributed by atoms with E-state index in [-0.39, 0.29) is 25.2 Å². The van der Waals surface area contributed by atoms with Crippen molar-refractivity contribution in [3.63, 3.8) is 0 Å². The summed E-state index contributed by atoms with van der Waals surface area (Å²) in [7, 11) is 1.32. The number of nitrogens with two attached hydrogens (primary N) is 1. The molecule has 0 aromatic rings. The van der Waals surface area contributed by atoms with Gasteiger partial charge in [-0.3, -0.25) is 35.5 Å². The monoisotopic (exact) mass is 563 g/mol. The first-order valence-electron chi connectivity index (χ1n) is 12.8. The molecule has 1 heterocycles. The first kappa shape index (κ1) is 32.8. The summed E-state index contributed by atoms with van der Waals surface area (Å²) in [6.07, 6.45) is -9.01. The van der Waals surface area contributed by atoms with Crippen LogP contribution in [-0.4, -0.2) is 113 Å². The number of hydrazine groups is 2. The fourth-order valence-corrected chi connectivity index (χ4v) is 4.82. The number of hydrogen-bond donors (Lipinski definition) is 9. The van der Waals surface area contributed by atoms with Gasteiger partial charge in [-0.15, -0.1) is 0 Å². The van der Waals surface area contributed by atoms with Crippen LogP contribution in [0.1, 0.15) is 46.0 Å². The molecule has 0 radical (unpaired) electrons. The number of amides is 4. The lowest BCUT2D eigenvalue weighted by molar-refractivity contribution is -0.251. The van der Waals surface area contributed by atoms with Gasteiger partial charge < -0.3 is 40.0 Å². The maximum Gasteiger partial charge on any atom is 0.270 e. The zero-order chi connectivity index (χ0) is 29.3. The van der Waals surface area contributed by atoms with Crippen molar-refractivity contribution in [3.05, 3.63) is 0 Å². The lowest BCUT2D eigenvalue weighted by Gasteiger charge is -2.47. The Morgan fingerprint density at radius 3 is 2.18 bits per heavy atom. The molecule has 0 bridgehead atoms. The van der Waals surface area contributed by atoms with Gasteiger partial charge in [0.05, 0.1) is 24.4 Å². The molecule has 1 saturated carbocycles. The van der Waals surface area contributed by atoms with Crippen molar-refractivity contribution < 1.29 is 53.8 Å². The minimum Gasteiger partial charge on any atom is -0.396 e. The highest BCUT2D eigenvalue weighted by molar-refractivity contribution is 5.85. The molecule has 2 rings (SSSR count). The summed E-state index contributed by atoms with van der Waals surface area (Å²) < 4.78 is 16.9. The molecule has 2 aliphatic rings. The highest BCUT2D eigenvalue weighted by Crippen LogP contribution is 2.33. The second-order valence-corrected chi connectivity index (χ2v) is 9.79.